The zero-order chi connectivity index (χ0) is 25.7. The number of aryl methyl sites for hydroxylation is 1. The van der Waals surface area contributed by atoms with Gasteiger partial charge in [0.15, 0.2) is 0 Å². The van der Waals surface area contributed by atoms with Gasteiger partial charge in [-0.3, -0.25) is 14.3 Å². The minimum atomic E-state index is -0.721. The molecule has 0 fully saturated rings. The summed E-state index contributed by atoms with van der Waals surface area (Å²) in [4.78, 5) is 45.1. The molecule has 0 amide bonds. The van der Waals surface area contributed by atoms with E-state index >= 15 is 0 Å². The van der Waals surface area contributed by atoms with Crippen LogP contribution < -0.4 is 17.0 Å². The van der Waals surface area contributed by atoms with Crippen molar-refractivity contribution in [3.63, 3.8) is 0 Å². The first kappa shape index (κ1) is 25.9. The number of hydrogen-bond acceptors (Lipinski definition) is 5. The Bertz CT molecular complexity index is 1380. The number of H-pyrrole nitrogens is 1. The van der Waals surface area contributed by atoms with E-state index in [0.717, 1.165) is 15.7 Å². The number of nitrogens with one attached hydrogen (secondary N) is 1. The van der Waals surface area contributed by atoms with Crippen molar-refractivity contribution >= 4 is 11.7 Å². The lowest BCUT2D eigenvalue weighted by molar-refractivity contribution is -0.145. The molecule has 1 aromatic heterocycles. The maximum absolute atomic E-state index is 14.6. The van der Waals surface area contributed by atoms with Crippen molar-refractivity contribution in [1.82, 2.24) is 14.1 Å². The van der Waals surface area contributed by atoms with Crippen LogP contribution in [0, 0.1) is 24.6 Å². The van der Waals surface area contributed by atoms with Gasteiger partial charge in [-0.25, -0.2) is 23.5 Å². The van der Waals surface area contributed by atoms with Crippen LogP contribution >= 0.6 is 0 Å². The molecule has 1 atom stereocenters. The van der Waals surface area contributed by atoms with Crippen molar-refractivity contribution in [3.05, 3.63) is 91.6 Å². The summed E-state index contributed by atoms with van der Waals surface area (Å²) < 4.78 is 21.6. The van der Waals surface area contributed by atoms with Crippen LogP contribution in [0.2, 0.25) is 0 Å². The van der Waals surface area contributed by atoms with Crippen LogP contribution in [0.3, 0.4) is 0 Å². The average molecular weight is 483 g/mol. The van der Waals surface area contributed by atoms with Gasteiger partial charge in [-0.05, 0) is 42.5 Å². The Labute approximate surface area is 202 Å². The van der Waals surface area contributed by atoms with Gasteiger partial charge < -0.3 is 4.74 Å². The van der Waals surface area contributed by atoms with E-state index in [1.54, 1.807) is 19.1 Å². The molecule has 0 aliphatic rings. The first-order valence-corrected chi connectivity index (χ1v) is 11.5. The molecule has 0 aliphatic heterocycles. The smallest absolute Gasteiger partial charge is 0.335 e. The lowest BCUT2D eigenvalue weighted by Gasteiger charge is -2.14. The second-order valence-electron chi connectivity index (χ2n) is 9.13. The zero-order valence-electron chi connectivity index (χ0n) is 20.7. The lowest BCUT2D eigenvalue weighted by atomic mass is 10.0. The number of aromatic nitrogens is 3. The third kappa shape index (κ3) is 6.44. The van der Waals surface area contributed by atoms with E-state index < -0.39 is 29.1 Å². The third-order valence-corrected chi connectivity index (χ3v) is 5.60. The minimum absolute atomic E-state index is 0.0152. The number of hydrogen-bond donors (Lipinski definition) is 1. The van der Waals surface area contributed by atoms with Crippen molar-refractivity contribution in [3.8, 4) is 0 Å². The molecule has 0 aliphatic carbocycles. The molecule has 1 N–H and O–H groups in total. The first-order valence-electron chi connectivity index (χ1n) is 11.5. The minimum Gasteiger partial charge on any atom is -0.469 e. The number of carbonyl (C=O) groups excluding carboxylic acids is 1. The number of carbonyl (C=O) groups is 1. The molecule has 0 unspecified atom stereocenters. The number of esters is 1. The predicted octanol–water partition coefficient (Wildman–Crippen LogP) is 3.07. The van der Waals surface area contributed by atoms with E-state index in [1.165, 1.54) is 17.7 Å². The monoisotopic (exact) mass is 482 g/mol. The van der Waals surface area contributed by atoms with E-state index in [0.29, 0.717) is 17.9 Å². The van der Waals surface area contributed by atoms with E-state index in [1.807, 2.05) is 45.0 Å². The number of benzene rings is 2. The maximum atomic E-state index is 14.6. The number of nitrogens with zero attached hydrogens (tertiary/aromatic N) is 3. The summed E-state index contributed by atoms with van der Waals surface area (Å²) in [6.07, 6.45) is 0.588. The summed E-state index contributed by atoms with van der Waals surface area (Å²) in [5, 5.41) is 0. The zero-order valence-corrected chi connectivity index (χ0v) is 20.7. The SMILES string of the molecule is COC(=O)[C@@H](C)Cn1c(=O)[nH]/c(=N\c2ccc(CC(C)C)c(F)c2)n(Cc2ccc(C)cc2)c1=O. The molecule has 0 radical (unpaired) electrons. The number of methoxy groups -OCH3 is 1. The Balaban J connectivity index is 2.15. The molecule has 0 bridgehead atoms. The normalized spacial score (nSPS) is 12.7. The quantitative estimate of drug-likeness (QED) is 0.499. The van der Waals surface area contributed by atoms with Gasteiger partial charge in [-0.2, -0.15) is 0 Å². The van der Waals surface area contributed by atoms with Crippen molar-refractivity contribution in [2.24, 2.45) is 16.8 Å². The van der Waals surface area contributed by atoms with Gasteiger partial charge in [0, 0.05) is 6.54 Å². The van der Waals surface area contributed by atoms with Gasteiger partial charge in [0.1, 0.15) is 5.82 Å². The van der Waals surface area contributed by atoms with Gasteiger partial charge >= 0.3 is 17.3 Å². The molecule has 0 saturated carbocycles. The number of rotatable bonds is 8. The first-order chi connectivity index (χ1) is 16.6. The molecule has 35 heavy (non-hydrogen) atoms. The van der Waals surface area contributed by atoms with Crippen LogP contribution in [-0.4, -0.2) is 27.2 Å². The molecule has 1 heterocycles. The van der Waals surface area contributed by atoms with Crippen molar-refractivity contribution < 1.29 is 13.9 Å². The Hall–Kier alpha value is -3.75. The number of ether oxygens (including phenoxy) is 1. The summed E-state index contributed by atoms with van der Waals surface area (Å²) in [5.41, 5.74) is 1.34. The highest BCUT2D eigenvalue weighted by Gasteiger charge is 2.18. The van der Waals surface area contributed by atoms with Gasteiger partial charge in [0.05, 0.1) is 25.3 Å². The standard InChI is InChI=1S/C26H31FN4O4/c1-16(2)12-20-10-11-21(13-22(20)27)28-24-29-25(33)31(14-18(4)23(32)35-5)26(34)30(24)15-19-8-6-17(3)7-9-19/h6-11,13,16,18H,12,14-15H2,1-5H3,(H,28,29,33)/t18-/m0/s1. The summed E-state index contributed by atoms with van der Waals surface area (Å²) in [6, 6.07) is 12.2. The lowest BCUT2D eigenvalue weighted by Crippen LogP contribution is -2.51. The molecule has 8 nitrogen and oxygen atoms in total. The highest BCUT2D eigenvalue weighted by Crippen LogP contribution is 2.19. The maximum Gasteiger partial charge on any atom is 0.335 e. The molecule has 9 heteroatoms. The van der Waals surface area contributed by atoms with Crippen LogP contribution in [0.15, 0.2) is 57.0 Å². The summed E-state index contributed by atoms with van der Waals surface area (Å²) in [5.74, 6) is -1.35. The van der Waals surface area contributed by atoms with E-state index in [4.69, 9.17) is 4.74 Å². The van der Waals surface area contributed by atoms with Gasteiger partial charge in [0.25, 0.3) is 0 Å². The summed E-state index contributed by atoms with van der Waals surface area (Å²) in [7, 11) is 1.25. The fourth-order valence-corrected chi connectivity index (χ4v) is 3.70. The van der Waals surface area contributed by atoms with E-state index in [2.05, 4.69) is 9.98 Å². The van der Waals surface area contributed by atoms with Crippen LogP contribution in [0.25, 0.3) is 0 Å². The van der Waals surface area contributed by atoms with Crippen LogP contribution in [-0.2, 0) is 29.0 Å². The molecule has 3 rings (SSSR count). The Morgan fingerprint density at radius 2 is 1.77 bits per heavy atom. The molecular formula is C26H31FN4O4. The van der Waals surface area contributed by atoms with Crippen molar-refractivity contribution in [2.45, 2.75) is 47.2 Å². The number of halogens is 1. The second-order valence-corrected chi connectivity index (χ2v) is 9.13. The Morgan fingerprint density at radius 1 is 1.09 bits per heavy atom. The van der Waals surface area contributed by atoms with Gasteiger partial charge in [-0.1, -0.05) is 56.7 Å². The van der Waals surface area contributed by atoms with Gasteiger partial charge in [0.2, 0.25) is 5.62 Å². The van der Waals surface area contributed by atoms with Crippen LogP contribution in [0.1, 0.15) is 37.5 Å². The highest BCUT2D eigenvalue weighted by atomic mass is 19.1. The van der Waals surface area contributed by atoms with Gasteiger partial charge in [-0.15, -0.1) is 0 Å². The third-order valence-electron chi connectivity index (χ3n) is 5.60. The second kappa shape index (κ2) is 11.1. The largest absolute Gasteiger partial charge is 0.469 e. The molecule has 3 aromatic rings. The molecule has 2 aromatic carbocycles. The summed E-state index contributed by atoms with van der Waals surface area (Å²) in [6.45, 7) is 7.50. The molecule has 186 valence electrons. The topological polar surface area (TPSA) is 98.4 Å². The van der Waals surface area contributed by atoms with Crippen molar-refractivity contribution in [2.75, 3.05) is 7.11 Å². The number of aromatic amines is 1. The van der Waals surface area contributed by atoms with Crippen LogP contribution in [0.5, 0.6) is 0 Å². The Kier molecular flexibility index (Phi) is 8.22. The fraction of sp³-hybridized carbons (Fsp3) is 0.385. The molecule has 0 saturated heterocycles. The highest BCUT2D eigenvalue weighted by molar-refractivity contribution is 5.71. The predicted molar refractivity (Wildman–Crippen MR) is 131 cm³/mol. The average Bonchev–Trinajstić information content (AvgIpc) is 2.81. The fourth-order valence-electron chi connectivity index (χ4n) is 3.70. The van der Waals surface area contributed by atoms with Crippen LogP contribution in [0.4, 0.5) is 10.1 Å². The Morgan fingerprint density at radius 3 is 2.37 bits per heavy atom. The van der Waals surface area contributed by atoms with Crippen molar-refractivity contribution in [1.29, 1.82) is 0 Å². The summed E-state index contributed by atoms with van der Waals surface area (Å²) >= 11 is 0. The molecule has 0 spiro atoms. The van der Waals surface area contributed by atoms with E-state index in [9.17, 15) is 18.8 Å². The van der Waals surface area contributed by atoms with E-state index in [-0.39, 0.29) is 24.4 Å². The molecular weight excluding hydrogens is 451 g/mol.